The molecule has 1 aromatic heterocycles. The predicted molar refractivity (Wildman–Crippen MR) is 121 cm³/mol. The molecule has 2 atom stereocenters. The van der Waals surface area contributed by atoms with Gasteiger partial charge in [-0.25, -0.2) is 13.4 Å². The van der Waals surface area contributed by atoms with E-state index in [1.807, 2.05) is 30.3 Å². The summed E-state index contributed by atoms with van der Waals surface area (Å²) < 4.78 is 28.6. The van der Waals surface area contributed by atoms with Gasteiger partial charge in [0.2, 0.25) is 5.88 Å². The van der Waals surface area contributed by atoms with Crippen LogP contribution in [0, 0.1) is 0 Å². The topological polar surface area (TPSA) is 98.2 Å². The first-order chi connectivity index (χ1) is 15.3. The van der Waals surface area contributed by atoms with Crippen molar-refractivity contribution in [3.63, 3.8) is 0 Å². The first-order valence-electron chi connectivity index (χ1n) is 10.2. The van der Waals surface area contributed by atoms with E-state index in [1.165, 1.54) is 23.4 Å². The van der Waals surface area contributed by atoms with E-state index in [4.69, 9.17) is 4.74 Å². The number of nitrogens with zero attached hydrogens (tertiary/aromatic N) is 2. The van der Waals surface area contributed by atoms with Crippen LogP contribution in [0.25, 0.3) is 0 Å². The molecule has 0 saturated heterocycles. The maximum absolute atomic E-state index is 12.9. The van der Waals surface area contributed by atoms with E-state index in [9.17, 15) is 13.2 Å². The molecule has 8 heteroatoms. The summed E-state index contributed by atoms with van der Waals surface area (Å²) in [5.74, 6) is 0.893. The Bertz CT molecular complexity index is 1270. The van der Waals surface area contributed by atoms with Crippen molar-refractivity contribution in [3.8, 4) is 11.6 Å². The van der Waals surface area contributed by atoms with Crippen molar-refractivity contribution in [2.45, 2.75) is 25.3 Å². The van der Waals surface area contributed by atoms with Crippen LogP contribution in [0.4, 0.5) is 0 Å². The molecule has 0 aliphatic heterocycles. The molecule has 7 nitrogen and oxygen atoms in total. The van der Waals surface area contributed by atoms with Gasteiger partial charge in [-0.1, -0.05) is 48.5 Å². The molecule has 3 aromatic rings. The Morgan fingerprint density at radius 1 is 1.16 bits per heavy atom. The number of nitrogens with one attached hydrogen (secondary N) is 1. The van der Waals surface area contributed by atoms with Crippen LogP contribution in [0.2, 0.25) is 0 Å². The zero-order chi connectivity index (χ0) is 22.7. The first-order valence-corrected chi connectivity index (χ1v) is 12.1. The predicted octanol–water partition coefficient (Wildman–Crippen LogP) is 3.63. The molecule has 0 spiro atoms. The number of fused-ring (bicyclic) bond motifs is 1. The fraction of sp³-hybridized carbons (Fsp3) is 0.208. The molecule has 4 rings (SSSR count). The van der Waals surface area contributed by atoms with Crippen LogP contribution in [-0.4, -0.2) is 36.6 Å². The van der Waals surface area contributed by atoms with Crippen LogP contribution in [0.3, 0.4) is 0 Å². The highest BCUT2D eigenvalue weighted by atomic mass is 32.2. The summed E-state index contributed by atoms with van der Waals surface area (Å²) in [7, 11) is -3.29. The summed E-state index contributed by atoms with van der Waals surface area (Å²) in [6.45, 7) is 1.68. The first kappa shape index (κ1) is 21.7. The van der Waals surface area contributed by atoms with E-state index < -0.39 is 21.8 Å². The van der Waals surface area contributed by atoms with Gasteiger partial charge in [-0.15, -0.1) is 0 Å². The van der Waals surface area contributed by atoms with E-state index in [0.29, 0.717) is 11.6 Å². The smallest absolute Gasteiger partial charge is 0.258 e. The van der Waals surface area contributed by atoms with Crippen molar-refractivity contribution >= 4 is 15.7 Å². The quantitative estimate of drug-likeness (QED) is 0.591. The Hall–Kier alpha value is -3.52. The van der Waals surface area contributed by atoms with E-state index in [-0.39, 0.29) is 17.4 Å². The van der Waals surface area contributed by atoms with Crippen molar-refractivity contribution in [2.75, 3.05) is 6.26 Å². The lowest BCUT2D eigenvalue weighted by molar-refractivity contribution is 0.0943. The minimum Gasteiger partial charge on any atom is -0.438 e. The summed E-state index contributed by atoms with van der Waals surface area (Å²) in [4.78, 5) is 21.9. The Morgan fingerprint density at radius 2 is 1.88 bits per heavy atom. The molecular formula is C24H23N3O4S. The lowest BCUT2D eigenvalue weighted by Crippen LogP contribution is -2.32. The van der Waals surface area contributed by atoms with Gasteiger partial charge < -0.3 is 10.1 Å². The Kier molecular flexibility index (Phi) is 6.05. The molecule has 1 aliphatic rings. The molecular weight excluding hydrogens is 426 g/mol. The number of carbonyl (C=O) groups excluding carboxylic acids is 1. The molecule has 32 heavy (non-hydrogen) atoms. The molecule has 164 valence electrons. The van der Waals surface area contributed by atoms with Crippen molar-refractivity contribution in [1.29, 1.82) is 0 Å². The van der Waals surface area contributed by atoms with Gasteiger partial charge in [0, 0.05) is 29.8 Å². The number of amides is 1. The summed E-state index contributed by atoms with van der Waals surface area (Å²) in [5, 5.41) is 3.80. The molecule has 1 N–H and O–H groups in total. The van der Waals surface area contributed by atoms with Crippen LogP contribution in [0.5, 0.6) is 11.6 Å². The SMILES string of the molecule is C[C@@H](/C=C/S(C)(=O)=O)NC(=O)c1cnc(C2Cc3ccccc32)nc1Oc1ccccc1. The summed E-state index contributed by atoms with van der Waals surface area (Å²) in [6, 6.07) is 16.7. The Labute approximate surface area is 187 Å². The van der Waals surface area contributed by atoms with E-state index in [2.05, 4.69) is 27.4 Å². The molecule has 2 aromatic carbocycles. The fourth-order valence-corrected chi connectivity index (χ4v) is 3.98. The molecule has 0 saturated carbocycles. The van der Waals surface area contributed by atoms with Gasteiger partial charge in [0.25, 0.3) is 5.91 Å². The van der Waals surface area contributed by atoms with Gasteiger partial charge in [0.1, 0.15) is 17.1 Å². The van der Waals surface area contributed by atoms with Gasteiger partial charge in [-0.05, 0) is 36.6 Å². The van der Waals surface area contributed by atoms with Crippen LogP contribution in [0.1, 0.15) is 40.2 Å². The summed E-state index contributed by atoms with van der Waals surface area (Å²) in [5.41, 5.74) is 2.61. The molecule has 1 unspecified atom stereocenters. The third kappa shape index (κ3) is 5.03. The molecule has 0 radical (unpaired) electrons. The Balaban J connectivity index is 1.62. The van der Waals surface area contributed by atoms with Crippen LogP contribution < -0.4 is 10.1 Å². The van der Waals surface area contributed by atoms with Gasteiger partial charge >= 0.3 is 0 Å². The number of hydrogen-bond donors (Lipinski definition) is 1. The second-order valence-corrected chi connectivity index (χ2v) is 9.67. The average molecular weight is 450 g/mol. The second-order valence-electron chi connectivity index (χ2n) is 7.74. The van der Waals surface area contributed by atoms with Gasteiger partial charge in [-0.3, -0.25) is 4.79 Å². The zero-order valence-corrected chi connectivity index (χ0v) is 18.5. The minimum atomic E-state index is -3.29. The normalized spacial score (nSPS) is 16.1. The largest absolute Gasteiger partial charge is 0.438 e. The number of carbonyl (C=O) groups is 1. The lowest BCUT2D eigenvalue weighted by Gasteiger charge is -2.29. The number of sulfone groups is 1. The number of aromatic nitrogens is 2. The molecule has 0 bridgehead atoms. The highest BCUT2D eigenvalue weighted by Crippen LogP contribution is 2.39. The molecule has 1 heterocycles. The number of ether oxygens (including phenoxy) is 1. The highest BCUT2D eigenvalue weighted by molar-refractivity contribution is 7.93. The van der Waals surface area contributed by atoms with E-state index in [0.717, 1.165) is 18.1 Å². The standard InChI is InChI=1S/C24H23N3O4S/c1-16(12-13-32(2,29)30)26-23(28)21-15-25-22(20-14-17-8-6-7-11-19(17)20)27-24(21)31-18-9-4-3-5-10-18/h3-13,15-16,20H,14H2,1-2H3,(H,26,28)/b13-12+/t16-,20?/m0/s1. The van der Waals surface area contributed by atoms with Crippen molar-refractivity contribution < 1.29 is 17.9 Å². The third-order valence-corrected chi connectivity index (χ3v) is 5.77. The molecule has 1 amide bonds. The van der Waals surface area contributed by atoms with Gasteiger partial charge in [-0.2, -0.15) is 4.98 Å². The van der Waals surface area contributed by atoms with E-state index in [1.54, 1.807) is 19.1 Å². The highest BCUT2D eigenvalue weighted by Gasteiger charge is 2.30. The fourth-order valence-electron chi connectivity index (χ4n) is 3.46. The second kappa shape index (κ2) is 8.92. The number of rotatable bonds is 7. The van der Waals surface area contributed by atoms with Crippen molar-refractivity contribution in [1.82, 2.24) is 15.3 Å². The zero-order valence-electron chi connectivity index (χ0n) is 17.7. The monoisotopic (exact) mass is 449 g/mol. The molecule has 1 aliphatic carbocycles. The van der Waals surface area contributed by atoms with Gasteiger partial charge in [0.15, 0.2) is 9.84 Å². The third-order valence-electron chi connectivity index (χ3n) is 5.11. The van der Waals surface area contributed by atoms with Gasteiger partial charge in [0.05, 0.1) is 0 Å². The maximum atomic E-state index is 12.9. The number of benzene rings is 2. The lowest BCUT2D eigenvalue weighted by atomic mass is 9.77. The average Bonchev–Trinajstić information content (AvgIpc) is 2.73. The van der Waals surface area contributed by atoms with Crippen molar-refractivity contribution in [2.24, 2.45) is 0 Å². The maximum Gasteiger partial charge on any atom is 0.258 e. The van der Waals surface area contributed by atoms with Crippen LogP contribution >= 0.6 is 0 Å². The Morgan fingerprint density at radius 3 is 2.59 bits per heavy atom. The van der Waals surface area contributed by atoms with Crippen molar-refractivity contribution in [3.05, 3.63) is 94.8 Å². The van der Waals surface area contributed by atoms with Crippen LogP contribution in [0.15, 0.2) is 72.3 Å². The number of hydrogen-bond acceptors (Lipinski definition) is 6. The van der Waals surface area contributed by atoms with E-state index >= 15 is 0 Å². The minimum absolute atomic E-state index is 0.0538. The summed E-state index contributed by atoms with van der Waals surface area (Å²) >= 11 is 0. The number of para-hydroxylation sites is 1. The summed E-state index contributed by atoms with van der Waals surface area (Å²) in [6.07, 6.45) is 4.80. The molecule has 0 fully saturated rings. The van der Waals surface area contributed by atoms with Crippen LogP contribution in [-0.2, 0) is 16.3 Å².